The van der Waals surface area contributed by atoms with E-state index in [2.05, 4.69) is 25.6 Å². The van der Waals surface area contributed by atoms with Crippen molar-refractivity contribution in [3.63, 3.8) is 0 Å². The molecule has 0 unspecified atom stereocenters. The van der Waals surface area contributed by atoms with E-state index in [1.54, 1.807) is 37.5 Å². The SMILES string of the molecule is Cc1cnccc1CNS(=O)(=O)c1cc(Br)cc(N)c1C. The predicted octanol–water partition coefficient (Wildman–Crippen LogP) is 2.52. The number of halogens is 1. The molecule has 2 rings (SSSR count). The van der Waals surface area contributed by atoms with E-state index in [1.165, 1.54) is 0 Å². The summed E-state index contributed by atoms with van der Waals surface area (Å²) in [6.45, 7) is 3.79. The first-order valence-electron chi connectivity index (χ1n) is 6.26. The molecular formula is C14H16BrN3O2S. The number of aromatic nitrogens is 1. The van der Waals surface area contributed by atoms with Crippen LogP contribution in [0.3, 0.4) is 0 Å². The molecule has 0 aliphatic carbocycles. The Balaban J connectivity index is 2.30. The van der Waals surface area contributed by atoms with Crippen LogP contribution in [0.4, 0.5) is 5.69 Å². The summed E-state index contributed by atoms with van der Waals surface area (Å²) in [5.74, 6) is 0. The highest BCUT2D eigenvalue weighted by Gasteiger charge is 2.19. The van der Waals surface area contributed by atoms with Crippen LogP contribution < -0.4 is 10.5 Å². The zero-order valence-corrected chi connectivity index (χ0v) is 14.1. The number of nitrogens with zero attached hydrogens (tertiary/aromatic N) is 1. The Morgan fingerprint density at radius 3 is 2.71 bits per heavy atom. The molecule has 0 saturated carbocycles. The van der Waals surface area contributed by atoms with E-state index in [-0.39, 0.29) is 11.4 Å². The van der Waals surface area contributed by atoms with Crippen LogP contribution in [0.5, 0.6) is 0 Å². The Labute approximate surface area is 132 Å². The van der Waals surface area contributed by atoms with Crippen molar-refractivity contribution in [2.75, 3.05) is 5.73 Å². The number of nitrogens with one attached hydrogen (secondary N) is 1. The van der Waals surface area contributed by atoms with Gasteiger partial charge in [-0.25, -0.2) is 13.1 Å². The second-order valence-electron chi connectivity index (χ2n) is 4.74. The van der Waals surface area contributed by atoms with E-state index in [1.807, 2.05) is 6.92 Å². The van der Waals surface area contributed by atoms with Crippen LogP contribution in [0.25, 0.3) is 0 Å². The monoisotopic (exact) mass is 369 g/mol. The van der Waals surface area contributed by atoms with E-state index in [0.717, 1.165) is 11.1 Å². The molecular weight excluding hydrogens is 354 g/mol. The summed E-state index contributed by atoms with van der Waals surface area (Å²) in [7, 11) is -3.63. The highest BCUT2D eigenvalue weighted by atomic mass is 79.9. The van der Waals surface area contributed by atoms with Crippen molar-refractivity contribution < 1.29 is 8.42 Å². The summed E-state index contributed by atoms with van der Waals surface area (Å²) in [5, 5.41) is 0. The highest BCUT2D eigenvalue weighted by molar-refractivity contribution is 9.10. The first-order chi connectivity index (χ1) is 9.81. The van der Waals surface area contributed by atoms with Crippen molar-refractivity contribution in [1.82, 2.24) is 9.71 Å². The standard InChI is InChI=1S/C14H16BrN3O2S/c1-9-7-17-4-3-11(9)8-18-21(19,20)14-6-12(15)5-13(16)10(14)2/h3-7,18H,8,16H2,1-2H3. The molecule has 0 aliphatic heterocycles. The molecule has 0 saturated heterocycles. The van der Waals surface area contributed by atoms with Crippen LogP contribution >= 0.6 is 15.9 Å². The molecule has 1 aromatic heterocycles. The van der Waals surface area contributed by atoms with Gasteiger partial charge in [-0.1, -0.05) is 15.9 Å². The van der Waals surface area contributed by atoms with Gasteiger partial charge in [-0.3, -0.25) is 4.98 Å². The third kappa shape index (κ3) is 3.61. The third-order valence-electron chi connectivity index (χ3n) is 3.24. The summed E-state index contributed by atoms with van der Waals surface area (Å²) in [4.78, 5) is 4.17. The number of sulfonamides is 1. The van der Waals surface area contributed by atoms with E-state index in [4.69, 9.17) is 5.73 Å². The highest BCUT2D eigenvalue weighted by Crippen LogP contribution is 2.26. The minimum Gasteiger partial charge on any atom is -0.398 e. The zero-order chi connectivity index (χ0) is 15.6. The zero-order valence-electron chi connectivity index (χ0n) is 11.7. The molecule has 0 atom stereocenters. The number of hydrogen-bond acceptors (Lipinski definition) is 4. The molecule has 1 aromatic carbocycles. The Morgan fingerprint density at radius 1 is 1.33 bits per heavy atom. The summed E-state index contributed by atoms with van der Waals surface area (Å²) in [5.41, 5.74) is 8.61. The molecule has 112 valence electrons. The van der Waals surface area contributed by atoms with E-state index < -0.39 is 10.0 Å². The molecule has 0 spiro atoms. The van der Waals surface area contributed by atoms with Crippen LogP contribution in [0.15, 0.2) is 40.0 Å². The second kappa shape index (κ2) is 6.13. The van der Waals surface area contributed by atoms with Crippen molar-refractivity contribution in [3.05, 3.63) is 51.8 Å². The van der Waals surface area contributed by atoms with Crippen molar-refractivity contribution >= 4 is 31.6 Å². The molecule has 2 aromatic rings. The average Bonchev–Trinajstić information content (AvgIpc) is 2.42. The molecule has 0 bridgehead atoms. The first-order valence-corrected chi connectivity index (χ1v) is 8.53. The van der Waals surface area contributed by atoms with Crippen molar-refractivity contribution in [3.8, 4) is 0 Å². The van der Waals surface area contributed by atoms with Gasteiger partial charge in [0.05, 0.1) is 4.90 Å². The van der Waals surface area contributed by atoms with Gasteiger partial charge in [-0.2, -0.15) is 0 Å². The van der Waals surface area contributed by atoms with Crippen LogP contribution in [-0.4, -0.2) is 13.4 Å². The Bertz CT molecular complexity index is 776. The van der Waals surface area contributed by atoms with Crippen molar-refractivity contribution in [2.45, 2.75) is 25.3 Å². The number of hydrogen-bond donors (Lipinski definition) is 2. The maximum Gasteiger partial charge on any atom is 0.241 e. The lowest BCUT2D eigenvalue weighted by Gasteiger charge is -2.12. The van der Waals surface area contributed by atoms with Gasteiger partial charge in [0.25, 0.3) is 0 Å². The van der Waals surface area contributed by atoms with Crippen molar-refractivity contribution in [2.24, 2.45) is 0 Å². The van der Waals surface area contributed by atoms with Gasteiger partial charge >= 0.3 is 0 Å². The number of nitrogen functional groups attached to an aromatic ring is 1. The fourth-order valence-corrected chi connectivity index (χ4v) is 3.84. The van der Waals surface area contributed by atoms with Gasteiger partial charge in [0.15, 0.2) is 0 Å². The summed E-state index contributed by atoms with van der Waals surface area (Å²) in [6.07, 6.45) is 3.34. The smallest absolute Gasteiger partial charge is 0.241 e. The molecule has 21 heavy (non-hydrogen) atoms. The minimum atomic E-state index is -3.63. The predicted molar refractivity (Wildman–Crippen MR) is 86.3 cm³/mol. The molecule has 3 N–H and O–H groups in total. The number of aryl methyl sites for hydroxylation is 1. The minimum absolute atomic E-state index is 0.182. The number of pyridine rings is 1. The summed E-state index contributed by atoms with van der Waals surface area (Å²) in [6, 6.07) is 5.02. The maximum atomic E-state index is 12.4. The topological polar surface area (TPSA) is 85.1 Å². The lowest BCUT2D eigenvalue weighted by Crippen LogP contribution is -2.24. The van der Waals surface area contributed by atoms with Crippen molar-refractivity contribution in [1.29, 1.82) is 0 Å². The van der Waals surface area contributed by atoms with Crippen LogP contribution in [0.2, 0.25) is 0 Å². The van der Waals surface area contributed by atoms with Gasteiger partial charge in [-0.05, 0) is 48.7 Å². The molecule has 0 fully saturated rings. The van der Waals surface area contributed by atoms with Gasteiger partial charge in [0.2, 0.25) is 10.0 Å². The molecule has 5 nitrogen and oxygen atoms in total. The van der Waals surface area contributed by atoms with Crippen LogP contribution in [0, 0.1) is 13.8 Å². The van der Waals surface area contributed by atoms with E-state index >= 15 is 0 Å². The van der Waals surface area contributed by atoms with Gasteiger partial charge < -0.3 is 5.73 Å². The maximum absolute atomic E-state index is 12.4. The van der Waals surface area contributed by atoms with E-state index in [9.17, 15) is 8.42 Å². The van der Waals surface area contributed by atoms with Crippen LogP contribution in [0.1, 0.15) is 16.7 Å². The fourth-order valence-electron chi connectivity index (χ4n) is 1.90. The fraction of sp³-hybridized carbons (Fsp3) is 0.214. The van der Waals surface area contributed by atoms with Gasteiger partial charge in [-0.15, -0.1) is 0 Å². The number of rotatable bonds is 4. The Hall–Kier alpha value is -1.44. The molecule has 1 heterocycles. The summed E-state index contributed by atoms with van der Waals surface area (Å²) >= 11 is 3.27. The molecule has 0 amide bonds. The molecule has 7 heteroatoms. The van der Waals surface area contributed by atoms with Gasteiger partial charge in [0, 0.05) is 29.1 Å². The Morgan fingerprint density at radius 2 is 2.05 bits per heavy atom. The molecule has 0 radical (unpaired) electrons. The third-order valence-corrected chi connectivity index (χ3v) is 5.23. The second-order valence-corrected chi connectivity index (χ2v) is 7.40. The first kappa shape index (κ1) is 15.9. The quantitative estimate of drug-likeness (QED) is 0.810. The largest absolute Gasteiger partial charge is 0.398 e. The van der Waals surface area contributed by atoms with Crippen LogP contribution in [-0.2, 0) is 16.6 Å². The number of nitrogens with two attached hydrogens (primary N) is 1. The lowest BCUT2D eigenvalue weighted by molar-refractivity contribution is 0.580. The lowest BCUT2D eigenvalue weighted by atomic mass is 10.2. The number of benzene rings is 1. The Kier molecular flexibility index (Phi) is 4.65. The average molecular weight is 370 g/mol. The normalized spacial score (nSPS) is 11.6. The summed E-state index contributed by atoms with van der Waals surface area (Å²) < 4.78 is 28.1. The van der Waals surface area contributed by atoms with E-state index in [0.29, 0.717) is 15.7 Å². The number of anilines is 1. The van der Waals surface area contributed by atoms with Gasteiger partial charge in [0.1, 0.15) is 0 Å². The molecule has 0 aliphatic rings.